The van der Waals surface area contributed by atoms with Crippen molar-refractivity contribution < 1.29 is 0 Å². The van der Waals surface area contributed by atoms with Crippen molar-refractivity contribution in [2.75, 3.05) is 13.1 Å². The van der Waals surface area contributed by atoms with E-state index in [-0.39, 0.29) is 5.16 Å². The van der Waals surface area contributed by atoms with Crippen LogP contribution in [0.2, 0.25) is 0 Å². The van der Waals surface area contributed by atoms with Gasteiger partial charge in [0.25, 0.3) is 0 Å². The summed E-state index contributed by atoms with van der Waals surface area (Å²) in [6.07, 6.45) is 0.632. The van der Waals surface area contributed by atoms with Gasteiger partial charge in [0.1, 0.15) is 0 Å². The second-order valence-electron chi connectivity index (χ2n) is 7.67. The van der Waals surface area contributed by atoms with Crippen molar-refractivity contribution in [1.29, 1.82) is 0 Å². The second-order valence-corrected chi connectivity index (χ2v) is 12.8. The maximum absolute atomic E-state index is 6.49. The fourth-order valence-corrected chi connectivity index (χ4v) is 8.72. The lowest BCUT2D eigenvalue weighted by molar-refractivity contribution is 0.545. The van der Waals surface area contributed by atoms with Gasteiger partial charge in [-0.25, -0.2) is 4.68 Å². The van der Waals surface area contributed by atoms with Gasteiger partial charge in [-0.15, -0.1) is 0 Å². The third kappa shape index (κ3) is 2.79. The largest absolute Gasteiger partial charge is 0.271 e. The Morgan fingerprint density at radius 2 is 1.62 bits per heavy atom. The number of para-hydroxylation sites is 1. The van der Waals surface area contributed by atoms with Crippen LogP contribution < -0.4 is 5.30 Å². The molecule has 0 radical (unpaired) electrons. The van der Waals surface area contributed by atoms with Crippen molar-refractivity contribution in [2.24, 2.45) is 0 Å². The third-order valence-electron chi connectivity index (χ3n) is 4.95. The molecule has 2 heterocycles. The van der Waals surface area contributed by atoms with Crippen LogP contribution in [-0.2, 0) is 11.8 Å². The fraction of sp³-hybridized carbons (Fsp3) is 0.526. The van der Waals surface area contributed by atoms with E-state index in [2.05, 4.69) is 68.2 Å². The number of benzene rings is 1. The van der Waals surface area contributed by atoms with Gasteiger partial charge in [0.15, 0.2) is 0 Å². The van der Waals surface area contributed by atoms with Gasteiger partial charge in [-0.2, -0.15) is 5.10 Å². The lowest BCUT2D eigenvalue weighted by Crippen LogP contribution is -2.36. The number of rotatable bonds is 3. The number of aromatic nitrogens is 2. The fourth-order valence-electron chi connectivity index (χ4n) is 3.78. The molecule has 0 spiro atoms. The van der Waals surface area contributed by atoms with Crippen LogP contribution >= 0.6 is 6.19 Å². The van der Waals surface area contributed by atoms with Crippen LogP contribution in [0.15, 0.2) is 30.3 Å². The smallest absolute Gasteiger partial charge is 0.0698 e. The van der Waals surface area contributed by atoms with Crippen molar-refractivity contribution >= 4 is 23.3 Å². The Balaban J connectivity index is 2.20. The Labute approximate surface area is 151 Å². The minimum atomic E-state index is -1.89. The molecule has 0 unspecified atom stereocenters. The molecule has 0 amide bonds. The van der Waals surface area contributed by atoms with E-state index in [1.807, 2.05) is 6.07 Å². The van der Waals surface area contributed by atoms with Gasteiger partial charge >= 0.3 is 0 Å². The van der Waals surface area contributed by atoms with E-state index in [4.69, 9.17) is 16.9 Å². The Kier molecular flexibility index (Phi) is 4.76. The van der Waals surface area contributed by atoms with Crippen LogP contribution in [0.5, 0.6) is 0 Å². The van der Waals surface area contributed by atoms with Gasteiger partial charge in [-0.1, -0.05) is 50.8 Å². The molecule has 0 aliphatic carbocycles. The van der Waals surface area contributed by atoms with Crippen LogP contribution in [0, 0.1) is 13.8 Å². The average Bonchev–Trinajstić information content (AvgIpc) is 3.15. The van der Waals surface area contributed by atoms with E-state index in [1.165, 1.54) is 23.8 Å². The average molecular weight is 361 g/mol. The Morgan fingerprint density at radius 1 is 1.04 bits per heavy atom. The Bertz CT molecular complexity index is 768. The molecule has 1 fully saturated rings. The van der Waals surface area contributed by atoms with Gasteiger partial charge in [0.2, 0.25) is 0 Å². The molecule has 3 nitrogen and oxygen atoms in total. The summed E-state index contributed by atoms with van der Waals surface area (Å²) < 4.78 is 4.68. The summed E-state index contributed by atoms with van der Waals surface area (Å²) in [4.78, 5) is 0. The molecule has 0 N–H and O–H groups in total. The summed E-state index contributed by atoms with van der Waals surface area (Å²) in [7, 11) is 0. The molecule has 24 heavy (non-hydrogen) atoms. The van der Waals surface area contributed by atoms with Crippen LogP contribution in [0.25, 0.3) is 5.69 Å². The van der Waals surface area contributed by atoms with E-state index >= 15 is 0 Å². The third-order valence-corrected chi connectivity index (χ3v) is 12.1. The minimum Gasteiger partial charge on any atom is -0.271 e. The maximum atomic E-state index is 6.49. The predicted octanol–water partition coefficient (Wildman–Crippen LogP) is 4.40. The van der Waals surface area contributed by atoms with E-state index in [9.17, 15) is 0 Å². The molecule has 5 heteroatoms. The first-order valence-electron chi connectivity index (χ1n) is 8.74. The van der Waals surface area contributed by atoms with E-state index in [1.54, 1.807) is 0 Å². The molecular weight excluding hydrogens is 333 g/mol. The lowest BCUT2D eigenvalue weighted by Gasteiger charge is -2.42. The molecule has 0 saturated carbocycles. The second kappa shape index (κ2) is 6.40. The van der Waals surface area contributed by atoms with Gasteiger partial charge in [-0.3, -0.25) is 4.67 Å². The predicted molar refractivity (Wildman–Crippen MR) is 108 cm³/mol. The van der Waals surface area contributed by atoms with Crippen molar-refractivity contribution in [3.63, 3.8) is 0 Å². The minimum absolute atomic E-state index is 0.0622. The highest BCUT2D eigenvalue weighted by molar-refractivity contribution is 8.17. The van der Waals surface area contributed by atoms with Gasteiger partial charge in [0, 0.05) is 23.6 Å². The number of hydrogen-bond acceptors (Lipinski definition) is 2. The zero-order valence-electron chi connectivity index (χ0n) is 15.4. The van der Waals surface area contributed by atoms with Crippen LogP contribution in [-0.4, -0.2) is 32.7 Å². The van der Waals surface area contributed by atoms with Gasteiger partial charge in [0.05, 0.1) is 23.3 Å². The molecule has 1 saturated heterocycles. The first-order chi connectivity index (χ1) is 11.3. The zero-order valence-corrected chi connectivity index (χ0v) is 17.1. The molecule has 1 aliphatic rings. The van der Waals surface area contributed by atoms with Gasteiger partial charge in [-0.05, 0) is 38.8 Å². The van der Waals surface area contributed by atoms with Crippen molar-refractivity contribution in [3.05, 3.63) is 41.7 Å². The monoisotopic (exact) mass is 361 g/mol. The Hall–Kier alpha value is -0.960. The zero-order chi connectivity index (χ0) is 17.5. The maximum Gasteiger partial charge on any atom is 0.0698 e. The molecule has 2 aromatic rings. The molecule has 1 aromatic carbocycles. The number of aryl methyl sites for hydroxylation is 1. The Morgan fingerprint density at radius 3 is 2.17 bits per heavy atom. The summed E-state index contributed by atoms with van der Waals surface area (Å²) in [5.74, 6) is 0. The first-order valence-corrected chi connectivity index (χ1v) is 11.5. The van der Waals surface area contributed by atoms with Crippen molar-refractivity contribution in [3.8, 4) is 5.69 Å². The van der Waals surface area contributed by atoms with Crippen LogP contribution in [0.1, 0.15) is 45.0 Å². The van der Waals surface area contributed by atoms with E-state index in [0.717, 1.165) is 24.5 Å². The summed E-state index contributed by atoms with van der Waals surface area (Å²) in [5.41, 5.74) is 3.42. The molecule has 1 aliphatic heterocycles. The topological polar surface area (TPSA) is 21.1 Å². The van der Waals surface area contributed by atoms with Crippen molar-refractivity contribution in [1.82, 2.24) is 14.5 Å². The quantitative estimate of drug-likeness (QED) is 0.756. The summed E-state index contributed by atoms with van der Waals surface area (Å²) in [6.45, 7) is 13.5. The standard InChI is InChI=1S/C19H28N3PS/c1-15-18(16(2)22(20-15)17-11-7-6-8-12-17)23(24,19(3,4)5)21-13-9-10-14-21/h6-8,11-12H,9-10,13-14H2,1-5H3/t23-/m0/s1. The highest BCUT2D eigenvalue weighted by Crippen LogP contribution is 2.62. The molecule has 1 atom stereocenters. The van der Waals surface area contributed by atoms with Crippen molar-refractivity contribution in [2.45, 2.75) is 52.6 Å². The first kappa shape index (κ1) is 17.8. The molecule has 1 aromatic heterocycles. The number of nitrogens with zero attached hydrogens (tertiary/aromatic N) is 3. The SMILES string of the molecule is Cc1nn(-c2ccccc2)c(C)c1[P@@](=S)(N1CCCC1)C(C)(C)C. The molecular formula is C19H28N3PS. The van der Waals surface area contributed by atoms with E-state index in [0.29, 0.717) is 0 Å². The highest BCUT2D eigenvalue weighted by Gasteiger charge is 2.43. The molecule has 3 rings (SSSR count). The van der Waals surface area contributed by atoms with Crippen LogP contribution in [0.3, 0.4) is 0 Å². The normalized spacial score (nSPS) is 18.7. The summed E-state index contributed by atoms with van der Waals surface area (Å²) >= 11 is 6.49. The lowest BCUT2D eigenvalue weighted by atomic mass is 10.3. The van der Waals surface area contributed by atoms with E-state index < -0.39 is 6.19 Å². The number of hydrogen-bond donors (Lipinski definition) is 0. The summed E-state index contributed by atoms with van der Waals surface area (Å²) in [5, 5.41) is 6.27. The highest BCUT2D eigenvalue weighted by atomic mass is 32.4. The summed E-state index contributed by atoms with van der Waals surface area (Å²) in [6, 6.07) is 10.4. The van der Waals surface area contributed by atoms with Gasteiger partial charge < -0.3 is 0 Å². The van der Waals surface area contributed by atoms with Crippen LogP contribution in [0.4, 0.5) is 0 Å². The molecule has 130 valence electrons. The molecule has 0 bridgehead atoms.